The molecule has 0 unspecified atom stereocenters. The smallest absolute Gasteiger partial charge is 0.252 e. The van der Waals surface area contributed by atoms with Gasteiger partial charge in [0, 0.05) is 51.6 Å². The first kappa shape index (κ1) is 31.9. The van der Waals surface area contributed by atoms with Crippen LogP contribution in [-0.4, -0.2) is 42.8 Å². The second kappa shape index (κ2) is 14.5. The Bertz CT molecular complexity index is 1630. The van der Waals surface area contributed by atoms with Gasteiger partial charge < -0.3 is 24.6 Å². The molecular weight excluding hydrogens is 667 g/mol. The minimum atomic E-state index is -1.43. The maximum Gasteiger partial charge on any atom is 0.252 e. The molecule has 4 aromatic rings. The topological polar surface area (TPSA) is 89.4 Å². The summed E-state index contributed by atoms with van der Waals surface area (Å²) in [5.41, 5.74) is 1.61. The van der Waals surface area contributed by atoms with E-state index in [1.54, 1.807) is 37.4 Å². The van der Waals surface area contributed by atoms with E-state index in [4.69, 9.17) is 47.5 Å². The molecule has 1 aliphatic rings. The van der Waals surface area contributed by atoms with Gasteiger partial charge in [0.05, 0.1) is 13.7 Å². The molecule has 4 aromatic carbocycles. The molecule has 2 atom stereocenters. The first-order chi connectivity index (χ1) is 21.3. The molecule has 228 valence electrons. The fourth-order valence-corrected chi connectivity index (χ4v) is 5.92. The minimum absolute atomic E-state index is 0.0531. The average molecular weight is 698 g/mol. The summed E-state index contributed by atoms with van der Waals surface area (Å²) in [6, 6.07) is 27.6. The lowest BCUT2D eigenvalue weighted by Crippen LogP contribution is -2.49. The van der Waals surface area contributed by atoms with Gasteiger partial charge in [-0.1, -0.05) is 75.5 Å². The Morgan fingerprint density at radius 2 is 1.75 bits per heavy atom. The number of hydrogen-bond acceptors (Lipinski definition) is 6. The summed E-state index contributed by atoms with van der Waals surface area (Å²) < 4.78 is 18.4. The number of benzene rings is 4. The Kier molecular flexibility index (Phi) is 10.5. The lowest BCUT2D eigenvalue weighted by atomic mass is 9.82. The van der Waals surface area contributed by atoms with Gasteiger partial charge in [-0.3, -0.25) is 4.79 Å². The SMILES string of the molecule is COc1ccc(CNC(=O)[C@]2(Cc3ccccc3Br)N=C(c3ccc(OCCCO)cc3)O[C@@H]2c2ccc(Cl)cc2Cl)cc1. The third kappa shape index (κ3) is 7.21. The number of ether oxygens (including phenoxy) is 3. The predicted octanol–water partition coefficient (Wildman–Crippen LogP) is 7.34. The van der Waals surface area contributed by atoms with Crippen LogP contribution in [0.3, 0.4) is 0 Å². The molecule has 0 radical (unpaired) electrons. The van der Waals surface area contributed by atoms with Gasteiger partial charge in [-0.25, -0.2) is 4.99 Å². The highest BCUT2D eigenvalue weighted by Gasteiger charge is 2.54. The maximum absolute atomic E-state index is 14.5. The number of aliphatic hydroxyl groups is 1. The molecule has 0 saturated heterocycles. The first-order valence-electron chi connectivity index (χ1n) is 14.0. The lowest BCUT2D eigenvalue weighted by Gasteiger charge is -2.31. The first-order valence-corrected chi connectivity index (χ1v) is 15.6. The summed E-state index contributed by atoms with van der Waals surface area (Å²) in [4.78, 5) is 19.5. The van der Waals surface area contributed by atoms with E-state index in [0.717, 1.165) is 21.3 Å². The maximum atomic E-state index is 14.5. The van der Waals surface area contributed by atoms with Crippen molar-refractivity contribution in [3.8, 4) is 11.5 Å². The lowest BCUT2D eigenvalue weighted by molar-refractivity contribution is -0.129. The molecule has 44 heavy (non-hydrogen) atoms. The molecular formula is C34H31BrCl2N2O5. The third-order valence-corrected chi connectivity index (χ3v) is 8.64. The van der Waals surface area contributed by atoms with Gasteiger partial charge in [0.2, 0.25) is 5.90 Å². The average Bonchev–Trinajstić information content (AvgIpc) is 3.41. The molecule has 0 aromatic heterocycles. The number of aliphatic imine (C=N–C) groups is 1. The Morgan fingerprint density at radius 1 is 1.02 bits per heavy atom. The van der Waals surface area contributed by atoms with Crippen LogP contribution in [0.4, 0.5) is 0 Å². The zero-order valence-electron chi connectivity index (χ0n) is 23.9. The highest BCUT2D eigenvalue weighted by molar-refractivity contribution is 9.10. The van der Waals surface area contributed by atoms with Crippen molar-refractivity contribution in [1.82, 2.24) is 5.32 Å². The van der Waals surface area contributed by atoms with Crippen LogP contribution in [0.2, 0.25) is 10.0 Å². The van der Waals surface area contributed by atoms with Crippen molar-refractivity contribution in [3.63, 3.8) is 0 Å². The van der Waals surface area contributed by atoms with Crippen molar-refractivity contribution >= 4 is 50.9 Å². The quantitative estimate of drug-likeness (QED) is 0.151. The number of halogens is 3. The Hall–Kier alpha value is -3.56. The number of rotatable bonds is 12. The number of nitrogens with one attached hydrogen (secondary N) is 1. The molecule has 1 amide bonds. The summed E-state index contributed by atoms with van der Waals surface area (Å²) in [7, 11) is 1.61. The van der Waals surface area contributed by atoms with Crippen LogP contribution in [0.25, 0.3) is 0 Å². The second-order valence-electron chi connectivity index (χ2n) is 10.3. The molecule has 1 aliphatic heterocycles. The monoisotopic (exact) mass is 696 g/mol. The van der Waals surface area contributed by atoms with Crippen molar-refractivity contribution in [3.05, 3.63) is 128 Å². The van der Waals surface area contributed by atoms with Crippen molar-refractivity contribution in [2.75, 3.05) is 20.3 Å². The van der Waals surface area contributed by atoms with Crippen LogP contribution in [0.15, 0.2) is 100 Å². The van der Waals surface area contributed by atoms with Crippen LogP contribution >= 0.6 is 39.1 Å². The van der Waals surface area contributed by atoms with Gasteiger partial charge in [0.1, 0.15) is 11.5 Å². The van der Waals surface area contributed by atoms with Gasteiger partial charge in [-0.15, -0.1) is 0 Å². The summed E-state index contributed by atoms with van der Waals surface area (Å²) in [5, 5.41) is 13.0. The Morgan fingerprint density at radius 3 is 2.43 bits per heavy atom. The molecule has 0 aliphatic carbocycles. The van der Waals surface area contributed by atoms with Crippen LogP contribution in [-0.2, 0) is 22.5 Å². The fourth-order valence-electron chi connectivity index (χ4n) is 4.98. The van der Waals surface area contributed by atoms with E-state index in [-0.39, 0.29) is 25.5 Å². The van der Waals surface area contributed by atoms with Gasteiger partial charge in [0.25, 0.3) is 5.91 Å². The number of carbonyl (C=O) groups is 1. The Balaban J connectivity index is 1.57. The molecule has 2 N–H and O–H groups in total. The highest BCUT2D eigenvalue weighted by atomic mass is 79.9. The number of nitrogens with zero attached hydrogens (tertiary/aromatic N) is 1. The molecule has 1 heterocycles. The van der Waals surface area contributed by atoms with E-state index < -0.39 is 11.6 Å². The van der Waals surface area contributed by atoms with Gasteiger partial charge in [-0.05, 0) is 65.7 Å². The summed E-state index contributed by atoms with van der Waals surface area (Å²) in [6.07, 6.45) is -0.117. The number of hydrogen-bond donors (Lipinski definition) is 2. The molecule has 0 fully saturated rings. The third-order valence-electron chi connectivity index (χ3n) is 7.30. The van der Waals surface area contributed by atoms with Crippen molar-refractivity contribution < 1.29 is 24.1 Å². The van der Waals surface area contributed by atoms with Crippen LogP contribution in [0, 0.1) is 0 Å². The minimum Gasteiger partial charge on any atom is -0.497 e. The number of aliphatic hydroxyl groups excluding tert-OH is 1. The number of methoxy groups -OCH3 is 1. The van der Waals surface area contributed by atoms with E-state index in [1.807, 2.05) is 60.7 Å². The predicted molar refractivity (Wildman–Crippen MR) is 176 cm³/mol. The van der Waals surface area contributed by atoms with Gasteiger partial charge >= 0.3 is 0 Å². The molecule has 5 rings (SSSR count). The van der Waals surface area contributed by atoms with E-state index in [2.05, 4.69) is 21.2 Å². The van der Waals surface area contributed by atoms with Crippen LogP contribution in [0.1, 0.15) is 34.8 Å². The Labute approximate surface area is 274 Å². The van der Waals surface area contributed by atoms with Crippen molar-refractivity contribution in [2.45, 2.75) is 31.0 Å². The zero-order chi connectivity index (χ0) is 31.1. The highest BCUT2D eigenvalue weighted by Crippen LogP contribution is 2.45. The molecule has 10 heteroatoms. The number of amides is 1. The summed E-state index contributed by atoms with van der Waals surface area (Å²) >= 11 is 16.7. The van der Waals surface area contributed by atoms with E-state index in [0.29, 0.717) is 45.8 Å². The summed E-state index contributed by atoms with van der Waals surface area (Å²) in [5.74, 6) is 1.36. The summed E-state index contributed by atoms with van der Waals surface area (Å²) in [6.45, 7) is 0.720. The zero-order valence-corrected chi connectivity index (χ0v) is 27.0. The van der Waals surface area contributed by atoms with Crippen molar-refractivity contribution in [1.29, 1.82) is 0 Å². The normalized spacial score (nSPS) is 17.5. The largest absolute Gasteiger partial charge is 0.497 e. The standard InChI is InChI=1S/C34H31BrCl2N2O5/c1-42-26-12-7-22(8-13-26)21-38-33(41)34(20-24-5-2-3-6-29(24)35)31(28-16-11-25(36)19-30(28)37)44-32(39-34)23-9-14-27(15-10-23)43-18-4-17-40/h2-3,5-16,19,31,40H,4,17-18,20-21H2,1H3,(H,38,41)/t31-,34-/m1/s1. The molecule has 0 bridgehead atoms. The van der Waals surface area contributed by atoms with Crippen LogP contribution in [0.5, 0.6) is 11.5 Å². The second-order valence-corrected chi connectivity index (χ2v) is 12.0. The number of carbonyl (C=O) groups excluding carboxylic acids is 1. The van der Waals surface area contributed by atoms with E-state index in [9.17, 15) is 4.79 Å². The van der Waals surface area contributed by atoms with E-state index in [1.165, 1.54) is 0 Å². The van der Waals surface area contributed by atoms with E-state index >= 15 is 0 Å². The fraction of sp³-hybridized carbons (Fsp3) is 0.235. The molecule has 7 nitrogen and oxygen atoms in total. The van der Waals surface area contributed by atoms with Crippen molar-refractivity contribution in [2.24, 2.45) is 4.99 Å². The van der Waals surface area contributed by atoms with Gasteiger partial charge in [0.15, 0.2) is 11.6 Å². The molecule has 0 saturated carbocycles. The molecule has 0 spiro atoms. The van der Waals surface area contributed by atoms with Crippen LogP contribution < -0.4 is 14.8 Å². The van der Waals surface area contributed by atoms with Gasteiger partial charge in [-0.2, -0.15) is 0 Å².